The number of halogens is 1. The Morgan fingerprint density at radius 1 is 1.10 bits per heavy atom. The van der Waals surface area contributed by atoms with Gasteiger partial charge in [0, 0.05) is 18.3 Å². The molecule has 0 aromatic heterocycles. The van der Waals surface area contributed by atoms with Gasteiger partial charge in [0.1, 0.15) is 11.6 Å². The lowest BCUT2D eigenvalue weighted by atomic mass is 9.90. The highest BCUT2D eigenvalue weighted by Crippen LogP contribution is 2.28. The molecule has 0 spiro atoms. The molecule has 20 heavy (non-hydrogen) atoms. The molecule has 0 bridgehead atoms. The number of benzene rings is 2. The monoisotopic (exact) mass is 271 g/mol. The number of nitrogens with one attached hydrogen (secondary N) is 1. The lowest BCUT2D eigenvalue weighted by molar-refractivity contribution is 0.468. The summed E-state index contributed by atoms with van der Waals surface area (Å²) in [6.45, 7) is 0.516. The van der Waals surface area contributed by atoms with Crippen LogP contribution in [0.4, 0.5) is 10.1 Å². The third kappa shape index (κ3) is 2.77. The average molecular weight is 271 g/mol. The molecule has 1 aliphatic carbocycles. The van der Waals surface area contributed by atoms with Crippen molar-refractivity contribution in [3.8, 4) is 5.75 Å². The summed E-state index contributed by atoms with van der Waals surface area (Å²) in [5.74, 6) is -0.436. The lowest BCUT2D eigenvalue weighted by Crippen LogP contribution is -2.08. The van der Waals surface area contributed by atoms with Crippen LogP contribution in [0.3, 0.4) is 0 Å². The van der Waals surface area contributed by atoms with Gasteiger partial charge in [0.25, 0.3) is 0 Å². The third-order valence-electron chi connectivity index (χ3n) is 3.82. The van der Waals surface area contributed by atoms with Crippen LogP contribution in [0.15, 0.2) is 36.4 Å². The van der Waals surface area contributed by atoms with Crippen molar-refractivity contribution < 1.29 is 9.50 Å². The van der Waals surface area contributed by atoms with Crippen molar-refractivity contribution in [1.29, 1.82) is 0 Å². The van der Waals surface area contributed by atoms with E-state index in [1.54, 1.807) is 6.07 Å². The molecule has 0 fully saturated rings. The Morgan fingerprint density at radius 3 is 2.80 bits per heavy atom. The number of hydrogen-bond donors (Lipinski definition) is 2. The maximum Gasteiger partial charge on any atom is 0.127 e. The van der Waals surface area contributed by atoms with E-state index < -0.39 is 5.82 Å². The van der Waals surface area contributed by atoms with Gasteiger partial charge in [-0.15, -0.1) is 0 Å². The zero-order valence-electron chi connectivity index (χ0n) is 11.3. The molecular formula is C17H18FNO. The van der Waals surface area contributed by atoms with Crippen molar-refractivity contribution in [1.82, 2.24) is 0 Å². The predicted molar refractivity (Wildman–Crippen MR) is 78.5 cm³/mol. The minimum absolute atomic E-state index is 0.0307. The van der Waals surface area contributed by atoms with Crippen molar-refractivity contribution in [3.05, 3.63) is 58.9 Å². The molecule has 2 aromatic carbocycles. The summed E-state index contributed by atoms with van der Waals surface area (Å²) in [6, 6.07) is 10.5. The van der Waals surface area contributed by atoms with Crippen LogP contribution < -0.4 is 5.32 Å². The first-order valence-corrected chi connectivity index (χ1v) is 7.05. The maximum absolute atomic E-state index is 13.2. The van der Waals surface area contributed by atoms with E-state index in [0.717, 1.165) is 30.2 Å². The SMILES string of the molecule is Oc1cc(F)cc(CNc2cccc3c2CCCC3)c1. The van der Waals surface area contributed by atoms with Crippen LogP contribution in [0.25, 0.3) is 0 Å². The number of anilines is 1. The van der Waals surface area contributed by atoms with Crippen LogP contribution in [-0.2, 0) is 19.4 Å². The minimum atomic E-state index is -0.406. The molecule has 0 saturated carbocycles. The van der Waals surface area contributed by atoms with Crippen LogP contribution in [0.2, 0.25) is 0 Å². The van der Waals surface area contributed by atoms with Gasteiger partial charge in [-0.1, -0.05) is 12.1 Å². The molecule has 1 aliphatic rings. The number of phenolic OH excluding ortho intramolecular Hbond substituents is 1. The summed E-state index contributed by atoms with van der Waals surface area (Å²) in [7, 11) is 0. The summed E-state index contributed by atoms with van der Waals surface area (Å²) in [5, 5.41) is 12.8. The first kappa shape index (κ1) is 13.0. The molecule has 0 amide bonds. The minimum Gasteiger partial charge on any atom is -0.508 e. The summed E-state index contributed by atoms with van der Waals surface area (Å²) < 4.78 is 13.2. The van der Waals surface area contributed by atoms with Crippen LogP contribution in [0.5, 0.6) is 5.75 Å². The highest BCUT2D eigenvalue weighted by Gasteiger charge is 2.12. The van der Waals surface area contributed by atoms with Gasteiger partial charge in [-0.2, -0.15) is 0 Å². The topological polar surface area (TPSA) is 32.3 Å². The second-order valence-corrected chi connectivity index (χ2v) is 5.32. The van der Waals surface area contributed by atoms with E-state index in [0.29, 0.717) is 6.54 Å². The number of rotatable bonds is 3. The number of aryl methyl sites for hydroxylation is 1. The molecule has 3 rings (SSSR count). The molecule has 2 aromatic rings. The molecule has 104 valence electrons. The van der Waals surface area contributed by atoms with Crippen LogP contribution in [0.1, 0.15) is 29.5 Å². The van der Waals surface area contributed by atoms with Gasteiger partial charge >= 0.3 is 0 Å². The van der Waals surface area contributed by atoms with Crippen LogP contribution in [-0.4, -0.2) is 5.11 Å². The van der Waals surface area contributed by atoms with E-state index >= 15 is 0 Å². The molecule has 2 N–H and O–H groups in total. The van der Waals surface area contributed by atoms with Gasteiger partial charge in [0.15, 0.2) is 0 Å². The summed E-state index contributed by atoms with van der Waals surface area (Å²) >= 11 is 0. The smallest absolute Gasteiger partial charge is 0.127 e. The molecule has 0 heterocycles. The van der Waals surface area contributed by atoms with Gasteiger partial charge in [-0.05, 0) is 60.6 Å². The molecular weight excluding hydrogens is 253 g/mol. The van der Waals surface area contributed by atoms with Crippen LogP contribution in [0, 0.1) is 5.82 Å². The largest absolute Gasteiger partial charge is 0.508 e. The molecule has 0 unspecified atom stereocenters. The van der Waals surface area contributed by atoms with Gasteiger partial charge < -0.3 is 10.4 Å². The molecule has 0 radical (unpaired) electrons. The Bertz CT molecular complexity index is 604. The van der Waals surface area contributed by atoms with Gasteiger partial charge in [0.2, 0.25) is 0 Å². The fourth-order valence-electron chi connectivity index (χ4n) is 2.88. The lowest BCUT2D eigenvalue weighted by Gasteiger charge is -2.20. The first-order valence-electron chi connectivity index (χ1n) is 7.05. The standard InChI is InChI=1S/C17H18FNO/c18-14-8-12(9-15(20)10-14)11-19-17-7-3-5-13-4-1-2-6-16(13)17/h3,5,7-10,19-20H,1-2,4,6,11H2. The average Bonchev–Trinajstić information content (AvgIpc) is 2.44. The van der Waals surface area contributed by atoms with Gasteiger partial charge in [0.05, 0.1) is 0 Å². The van der Waals surface area contributed by atoms with E-state index in [4.69, 9.17) is 0 Å². The normalized spacial score (nSPS) is 13.8. The van der Waals surface area contributed by atoms with Gasteiger partial charge in [-0.25, -0.2) is 4.39 Å². The third-order valence-corrected chi connectivity index (χ3v) is 3.82. The van der Waals surface area contributed by atoms with Crippen molar-refractivity contribution in [3.63, 3.8) is 0 Å². The zero-order chi connectivity index (χ0) is 13.9. The Labute approximate surface area is 118 Å². The number of hydrogen-bond acceptors (Lipinski definition) is 2. The van der Waals surface area contributed by atoms with Crippen molar-refractivity contribution in [2.24, 2.45) is 0 Å². The molecule has 0 aliphatic heterocycles. The van der Waals surface area contributed by atoms with E-state index in [1.807, 2.05) is 0 Å². The van der Waals surface area contributed by atoms with Gasteiger partial charge in [-0.3, -0.25) is 0 Å². The van der Waals surface area contributed by atoms with Crippen LogP contribution >= 0.6 is 0 Å². The quantitative estimate of drug-likeness (QED) is 0.883. The van der Waals surface area contributed by atoms with E-state index in [1.165, 1.54) is 30.0 Å². The highest BCUT2D eigenvalue weighted by molar-refractivity contribution is 5.56. The number of fused-ring (bicyclic) bond motifs is 1. The summed E-state index contributed by atoms with van der Waals surface area (Å²) in [4.78, 5) is 0. The molecule has 3 heteroatoms. The second kappa shape index (κ2) is 5.53. The first-order chi connectivity index (χ1) is 9.72. The Kier molecular flexibility index (Phi) is 3.59. The zero-order valence-corrected chi connectivity index (χ0v) is 11.3. The van der Waals surface area contributed by atoms with E-state index in [-0.39, 0.29) is 5.75 Å². The number of phenols is 1. The number of aromatic hydroxyl groups is 1. The Hall–Kier alpha value is -2.03. The maximum atomic E-state index is 13.2. The van der Waals surface area contributed by atoms with Crippen molar-refractivity contribution in [2.45, 2.75) is 32.2 Å². The Balaban J connectivity index is 1.78. The molecule has 2 nitrogen and oxygen atoms in total. The summed E-state index contributed by atoms with van der Waals surface area (Å²) in [6.07, 6.45) is 4.74. The fourth-order valence-corrected chi connectivity index (χ4v) is 2.88. The molecule has 0 atom stereocenters. The highest BCUT2D eigenvalue weighted by atomic mass is 19.1. The molecule has 0 saturated heterocycles. The van der Waals surface area contributed by atoms with Crippen molar-refractivity contribution >= 4 is 5.69 Å². The Morgan fingerprint density at radius 2 is 1.95 bits per heavy atom. The van der Waals surface area contributed by atoms with E-state index in [2.05, 4.69) is 23.5 Å². The predicted octanol–water partition coefficient (Wildman–Crippen LogP) is 4.02. The fraction of sp³-hybridized carbons (Fsp3) is 0.294. The summed E-state index contributed by atoms with van der Waals surface area (Å²) in [5.41, 5.74) is 4.68. The van der Waals surface area contributed by atoms with Crippen molar-refractivity contribution in [2.75, 3.05) is 5.32 Å². The van der Waals surface area contributed by atoms with E-state index in [9.17, 15) is 9.50 Å². The second-order valence-electron chi connectivity index (χ2n) is 5.32.